The van der Waals surface area contributed by atoms with Gasteiger partial charge >= 0.3 is 0 Å². The number of rotatable bonds is 6. The number of aliphatic hydroxyl groups excluding tert-OH is 2. The standard InChI is InChI=1S/C11H16O4/c12-7-11(14,8-13)9-15-6-10-4-2-1-3-5-10/h1-5,12-14H,6-9H2. The lowest BCUT2D eigenvalue weighted by molar-refractivity contribution is -0.108. The van der Waals surface area contributed by atoms with Gasteiger partial charge in [0.05, 0.1) is 26.4 Å². The second-order valence-corrected chi connectivity index (χ2v) is 3.52. The molecule has 0 aliphatic carbocycles. The zero-order valence-electron chi connectivity index (χ0n) is 8.47. The van der Waals surface area contributed by atoms with E-state index in [1.807, 2.05) is 30.3 Å². The van der Waals surface area contributed by atoms with Gasteiger partial charge in [-0.25, -0.2) is 0 Å². The summed E-state index contributed by atoms with van der Waals surface area (Å²) < 4.78 is 5.20. The molecule has 0 heterocycles. The highest BCUT2D eigenvalue weighted by atomic mass is 16.5. The van der Waals surface area contributed by atoms with Crippen LogP contribution >= 0.6 is 0 Å². The molecule has 1 aromatic carbocycles. The van der Waals surface area contributed by atoms with Gasteiger partial charge in [0.15, 0.2) is 0 Å². The van der Waals surface area contributed by atoms with Gasteiger partial charge < -0.3 is 20.1 Å². The minimum atomic E-state index is -1.55. The van der Waals surface area contributed by atoms with Crippen LogP contribution in [0, 0.1) is 0 Å². The fourth-order valence-electron chi connectivity index (χ4n) is 1.07. The largest absolute Gasteiger partial charge is 0.393 e. The highest BCUT2D eigenvalue weighted by Crippen LogP contribution is 2.06. The molecule has 0 aromatic heterocycles. The number of hydrogen-bond acceptors (Lipinski definition) is 4. The molecule has 0 aliphatic rings. The summed E-state index contributed by atoms with van der Waals surface area (Å²) in [5.41, 5.74) is -0.565. The predicted octanol–water partition coefficient (Wildman–Crippen LogP) is -0.0811. The van der Waals surface area contributed by atoms with Gasteiger partial charge in [0.1, 0.15) is 5.60 Å². The monoisotopic (exact) mass is 212 g/mol. The van der Waals surface area contributed by atoms with Gasteiger partial charge in [-0.1, -0.05) is 30.3 Å². The summed E-state index contributed by atoms with van der Waals surface area (Å²) in [6.07, 6.45) is 0. The highest BCUT2D eigenvalue weighted by Gasteiger charge is 2.25. The Balaban J connectivity index is 2.33. The Morgan fingerprint density at radius 2 is 1.67 bits per heavy atom. The summed E-state index contributed by atoms with van der Waals surface area (Å²) in [5, 5.41) is 27.1. The van der Waals surface area contributed by atoms with Gasteiger partial charge in [-0.3, -0.25) is 0 Å². The molecule has 0 aliphatic heterocycles. The molecule has 3 N–H and O–H groups in total. The van der Waals surface area contributed by atoms with Crippen LogP contribution in [0.4, 0.5) is 0 Å². The Morgan fingerprint density at radius 3 is 2.20 bits per heavy atom. The van der Waals surface area contributed by atoms with E-state index >= 15 is 0 Å². The number of hydrogen-bond donors (Lipinski definition) is 3. The Bertz CT molecular complexity index is 269. The topological polar surface area (TPSA) is 69.9 Å². The Hall–Kier alpha value is -0.940. The first-order chi connectivity index (χ1) is 7.20. The number of benzene rings is 1. The van der Waals surface area contributed by atoms with E-state index in [4.69, 9.17) is 14.9 Å². The lowest BCUT2D eigenvalue weighted by Crippen LogP contribution is -2.42. The molecule has 0 amide bonds. The maximum absolute atomic E-state index is 9.48. The predicted molar refractivity (Wildman–Crippen MR) is 55.2 cm³/mol. The average Bonchev–Trinajstić information content (AvgIpc) is 2.30. The van der Waals surface area contributed by atoms with Crippen molar-refractivity contribution in [3.8, 4) is 0 Å². The molecule has 1 rings (SSSR count). The third kappa shape index (κ3) is 3.97. The molecule has 0 unspecified atom stereocenters. The molecular weight excluding hydrogens is 196 g/mol. The Labute approximate surface area is 88.8 Å². The molecule has 0 radical (unpaired) electrons. The van der Waals surface area contributed by atoms with Gasteiger partial charge in [0, 0.05) is 0 Å². The third-order valence-corrected chi connectivity index (χ3v) is 2.07. The van der Waals surface area contributed by atoms with Crippen molar-refractivity contribution < 1.29 is 20.1 Å². The van der Waals surface area contributed by atoms with Crippen molar-refractivity contribution in [2.24, 2.45) is 0 Å². The van der Waals surface area contributed by atoms with E-state index in [1.54, 1.807) is 0 Å². The van der Waals surface area contributed by atoms with E-state index in [9.17, 15) is 5.11 Å². The van der Waals surface area contributed by atoms with Crippen LogP contribution in [0.5, 0.6) is 0 Å². The van der Waals surface area contributed by atoms with Crippen molar-refractivity contribution in [1.29, 1.82) is 0 Å². The summed E-state index contributed by atoms with van der Waals surface area (Å²) in [4.78, 5) is 0. The number of ether oxygens (including phenoxy) is 1. The van der Waals surface area contributed by atoms with Crippen LogP contribution in [0.25, 0.3) is 0 Å². The molecule has 84 valence electrons. The van der Waals surface area contributed by atoms with Crippen molar-refractivity contribution in [3.63, 3.8) is 0 Å². The van der Waals surface area contributed by atoms with Gasteiger partial charge in [-0.05, 0) is 5.56 Å². The van der Waals surface area contributed by atoms with Crippen LogP contribution in [-0.4, -0.2) is 40.7 Å². The lowest BCUT2D eigenvalue weighted by Gasteiger charge is -2.22. The molecule has 0 spiro atoms. The average molecular weight is 212 g/mol. The fourth-order valence-corrected chi connectivity index (χ4v) is 1.07. The van der Waals surface area contributed by atoms with Crippen LogP contribution in [0.15, 0.2) is 30.3 Å². The maximum Gasteiger partial charge on any atom is 0.134 e. The first-order valence-corrected chi connectivity index (χ1v) is 4.76. The molecule has 0 fully saturated rings. The Morgan fingerprint density at radius 1 is 1.07 bits per heavy atom. The molecule has 0 saturated carbocycles. The third-order valence-electron chi connectivity index (χ3n) is 2.07. The van der Waals surface area contributed by atoms with Crippen LogP contribution in [-0.2, 0) is 11.3 Å². The first kappa shape index (κ1) is 12.1. The molecule has 4 nitrogen and oxygen atoms in total. The minimum absolute atomic E-state index is 0.0884. The van der Waals surface area contributed by atoms with E-state index in [0.717, 1.165) is 5.56 Å². The lowest BCUT2D eigenvalue weighted by atomic mass is 10.1. The van der Waals surface area contributed by atoms with Crippen molar-refractivity contribution in [2.75, 3.05) is 19.8 Å². The van der Waals surface area contributed by atoms with Crippen LogP contribution in [0.2, 0.25) is 0 Å². The minimum Gasteiger partial charge on any atom is -0.393 e. The normalized spacial score (nSPS) is 11.7. The van der Waals surface area contributed by atoms with E-state index in [0.29, 0.717) is 6.61 Å². The van der Waals surface area contributed by atoms with Gasteiger partial charge in [-0.2, -0.15) is 0 Å². The molecule has 0 bridgehead atoms. The van der Waals surface area contributed by atoms with E-state index in [2.05, 4.69) is 0 Å². The first-order valence-electron chi connectivity index (χ1n) is 4.76. The maximum atomic E-state index is 9.48. The Kier molecular flexibility index (Phi) is 4.71. The summed E-state index contributed by atoms with van der Waals surface area (Å²) in [6, 6.07) is 9.49. The van der Waals surface area contributed by atoms with Crippen molar-refractivity contribution in [1.82, 2.24) is 0 Å². The molecule has 0 atom stereocenters. The molecule has 4 heteroatoms. The second-order valence-electron chi connectivity index (χ2n) is 3.52. The molecule has 15 heavy (non-hydrogen) atoms. The van der Waals surface area contributed by atoms with Crippen LogP contribution in [0.1, 0.15) is 5.56 Å². The van der Waals surface area contributed by atoms with Gasteiger partial charge in [-0.15, -0.1) is 0 Å². The summed E-state index contributed by atoms with van der Waals surface area (Å²) in [6.45, 7) is -0.769. The van der Waals surface area contributed by atoms with Crippen molar-refractivity contribution in [2.45, 2.75) is 12.2 Å². The summed E-state index contributed by atoms with van der Waals surface area (Å²) in [5.74, 6) is 0. The quantitative estimate of drug-likeness (QED) is 0.617. The molecular formula is C11H16O4. The zero-order chi connectivity index (χ0) is 11.1. The van der Waals surface area contributed by atoms with E-state index < -0.39 is 18.8 Å². The zero-order valence-corrected chi connectivity index (χ0v) is 8.47. The summed E-state index contributed by atoms with van der Waals surface area (Å²) >= 11 is 0. The fraction of sp³-hybridized carbons (Fsp3) is 0.455. The summed E-state index contributed by atoms with van der Waals surface area (Å²) in [7, 11) is 0. The van der Waals surface area contributed by atoms with Gasteiger partial charge in [0.2, 0.25) is 0 Å². The highest BCUT2D eigenvalue weighted by molar-refractivity contribution is 5.13. The smallest absolute Gasteiger partial charge is 0.134 e. The second kappa shape index (κ2) is 5.82. The molecule has 0 saturated heterocycles. The number of aliphatic hydroxyl groups is 3. The SMILES string of the molecule is OCC(O)(CO)COCc1ccccc1. The van der Waals surface area contributed by atoms with Crippen LogP contribution in [0.3, 0.4) is 0 Å². The van der Waals surface area contributed by atoms with Gasteiger partial charge in [0.25, 0.3) is 0 Å². The van der Waals surface area contributed by atoms with Crippen LogP contribution < -0.4 is 0 Å². The molecule has 1 aromatic rings. The van der Waals surface area contributed by atoms with Crippen molar-refractivity contribution >= 4 is 0 Å². The van der Waals surface area contributed by atoms with E-state index in [1.165, 1.54) is 0 Å². The van der Waals surface area contributed by atoms with Crippen molar-refractivity contribution in [3.05, 3.63) is 35.9 Å². The van der Waals surface area contributed by atoms with E-state index in [-0.39, 0.29) is 6.61 Å².